The van der Waals surface area contributed by atoms with E-state index in [4.69, 9.17) is 19.2 Å². The van der Waals surface area contributed by atoms with Crippen LogP contribution in [0, 0.1) is 6.92 Å². The average molecular weight is 462 g/mol. The lowest BCUT2D eigenvalue weighted by Crippen LogP contribution is -2.56. The number of aromatic nitrogens is 3. The van der Waals surface area contributed by atoms with Gasteiger partial charge in [0.1, 0.15) is 5.82 Å². The number of benzene rings is 1. The van der Waals surface area contributed by atoms with Gasteiger partial charge in [0.15, 0.2) is 5.82 Å². The molecule has 3 aliphatic rings. The molecule has 1 aliphatic heterocycles. The van der Waals surface area contributed by atoms with Gasteiger partial charge in [-0.25, -0.2) is 4.98 Å². The second kappa shape index (κ2) is 9.27. The van der Waals surface area contributed by atoms with Crippen LogP contribution in [0.3, 0.4) is 0 Å². The number of aryl methyl sites for hydroxylation is 1. The van der Waals surface area contributed by atoms with Crippen LogP contribution < -0.4 is 10.2 Å². The van der Waals surface area contributed by atoms with E-state index in [-0.39, 0.29) is 6.10 Å². The zero-order chi connectivity index (χ0) is 23.1. The first-order valence-corrected chi connectivity index (χ1v) is 13.0. The van der Waals surface area contributed by atoms with Crippen LogP contribution in [0.4, 0.5) is 5.82 Å². The summed E-state index contributed by atoms with van der Waals surface area (Å²) >= 11 is 0. The molecular weight excluding hydrogens is 426 g/mol. The number of fused-ring (bicyclic) bond motifs is 1. The molecule has 0 unspecified atom stereocenters. The Kier molecular flexibility index (Phi) is 5.99. The maximum atomic E-state index is 6.01. The van der Waals surface area contributed by atoms with Gasteiger partial charge in [0.05, 0.1) is 17.2 Å². The normalized spacial score (nSPS) is 24.1. The number of hydrogen-bond donors (Lipinski definition) is 1. The third-order valence-corrected chi connectivity index (χ3v) is 7.78. The summed E-state index contributed by atoms with van der Waals surface area (Å²) in [6.07, 6.45) is 10.1. The Morgan fingerprint density at radius 1 is 1.03 bits per heavy atom. The fraction of sp³-hybridized carbons (Fsp3) is 0.593. The molecule has 2 aliphatic carbocycles. The van der Waals surface area contributed by atoms with Gasteiger partial charge in [0, 0.05) is 43.6 Å². The van der Waals surface area contributed by atoms with Crippen molar-refractivity contribution in [1.29, 1.82) is 0 Å². The molecule has 3 fully saturated rings. The smallest absolute Gasteiger partial charge is 0.261 e. The fourth-order valence-electron chi connectivity index (χ4n) is 5.65. The van der Waals surface area contributed by atoms with E-state index in [0.717, 1.165) is 60.5 Å². The van der Waals surface area contributed by atoms with E-state index in [1.165, 1.54) is 37.7 Å². The molecule has 1 saturated heterocycles. The van der Waals surface area contributed by atoms with E-state index in [9.17, 15) is 0 Å². The predicted octanol–water partition coefficient (Wildman–Crippen LogP) is 4.99. The average Bonchev–Trinajstić information content (AvgIpc) is 3.60. The lowest BCUT2D eigenvalue weighted by Gasteiger charge is -2.41. The first-order chi connectivity index (χ1) is 16.7. The second-order valence-corrected chi connectivity index (χ2v) is 10.4. The number of ether oxygens (including phenoxy) is 1. The van der Waals surface area contributed by atoms with Crippen LogP contribution in [0.15, 0.2) is 28.8 Å². The van der Waals surface area contributed by atoms with E-state index in [0.29, 0.717) is 23.9 Å². The molecular formula is C27H35N5O2. The molecule has 3 aromatic rings. The van der Waals surface area contributed by atoms with Crippen molar-refractivity contribution in [3.05, 3.63) is 35.7 Å². The van der Waals surface area contributed by atoms with Crippen molar-refractivity contribution in [3.8, 4) is 11.5 Å². The Hall–Kier alpha value is -2.51. The van der Waals surface area contributed by atoms with Crippen LogP contribution in [0.1, 0.15) is 68.7 Å². The lowest BCUT2D eigenvalue weighted by molar-refractivity contribution is 0.0534. The van der Waals surface area contributed by atoms with E-state index >= 15 is 0 Å². The van der Waals surface area contributed by atoms with Gasteiger partial charge in [-0.1, -0.05) is 36.0 Å². The molecule has 180 valence electrons. The number of methoxy groups -OCH3 is 1. The third-order valence-electron chi connectivity index (χ3n) is 7.78. The van der Waals surface area contributed by atoms with Crippen molar-refractivity contribution in [2.45, 2.75) is 82.4 Å². The Bertz CT molecular complexity index is 1150. The van der Waals surface area contributed by atoms with E-state index in [1.807, 2.05) is 7.11 Å². The van der Waals surface area contributed by atoms with Gasteiger partial charge in [-0.2, -0.15) is 4.98 Å². The first-order valence-electron chi connectivity index (χ1n) is 13.0. The minimum atomic E-state index is 0.115. The molecule has 1 N–H and O–H groups in total. The SMILES string of the molecule is CO[C@H]1CN(c2nc3ccc(C)cc3cc2-c2nc(C3CC3)no2)CC[C@H]1NC1CCCCC1. The maximum absolute atomic E-state index is 6.01. The minimum Gasteiger partial charge on any atom is -0.378 e. The summed E-state index contributed by atoms with van der Waals surface area (Å²) in [6.45, 7) is 3.82. The van der Waals surface area contributed by atoms with Gasteiger partial charge >= 0.3 is 0 Å². The number of nitrogens with one attached hydrogen (secondary N) is 1. The predicted molar refractivity (Wildman–Crippen MR) is 133 cm³/mol. The van der Waals surface area contributed by atoms with Crippen molar-refractivity contribution in [3.63, 3.8) is 0 Å². The number of pyridine rings is 1. The number of nitrogens with zero attached hydrogens (tertiary/aromatic N) is 4. The Balaban J connectivity index is 1.31. The molecule has 0 radical (unpaired) electrons. The topological polar surface area (TPSA) is 76.3 Å². The number of hydrogen-bond acceptors (Lipinski definition) is 7. The van der Waals surface area contributed by atoms with Crippen molar-refractivity contribution in [2.24, 2.45) is 0 Å². The highest BCUT2D eigenvalue weighted by atomic mass is 16.5. The lowest BCUT2D eigenvalue weighted by atomic mass is 9.92. The summed E-state index contributed by atoms with van der Waals surface area (Å²) in [6, 6.07) is 9.57. The van der Waals surface area contributed by atoms with Gasteiger partial charge in [0.25, 0.3) is 5.89 Å². The quantitative estimate of drug-likeness (QED) is 0.554. The molecule has 6 rings (SSSR count). The Morgan fingerprint density at radius 2 is 1.88 bits per heavy atom. The van der Waals surface area contributed by atoms with Crippen molar-refractivity contribution in [2.75, 3.05) is 25.1 Å². The van der Waals surface area contributed by atoms with Crippen molar-refractivity contribution >= 4 is 16.7 Å². The standard InChI is InChI=1S/C27H35N5O2/c1-17-8-11-22-19(14-17)15-21(27-30-25(31-34-27)18-9-10-18)26(29-22)32-13-12-23(24(16-32)33-2)28-20-6-4-3-5-7-20/h8,11,14-15,18,20,23-24,28H,3-7,9-10,12-13,16H2,1-2H3/t23-,24+/m1/s1. The Morgan fingerprint density at radius 3 is 2.68 bits per heavy atom. The number of piperidine rings is 1. The Labute approximate surface area is 201 Å². The van der Waals surface area contributed by atoms with Gasteiger partial charge in [0.2, 0.25) is 0 Å². The zero-order valence-electron chi connectivity index (χ0n) is 20.3. The van der Waals surface area contributed by atoms with Gasteiger partial charge in [-0.15, -0.1) is 0 Å². The van der Waals surface area contributed by atoms with Gasteiger partial charge in [-0.3, -0.25) is 0 Å². The highest BCUT2D eigenvalue weighted by Crippen LogP contribution is 2.40. The zero-order valence-corrected chi connectivity index (χ0v) is 20.3. The van der Waals surface area contributed by atoms with Crippen LogP contribution in [0.5, 0.6) is 0 Å². The molecule has 7 heteroatoms. The molecule has 2 saturated carbocycles. The number of rotatable bonds is 6. The fourth-order valence-corrected chi connectivity index (χ4v) is 5.65. The highest BCUT2D eigenvalue weighted by Gasteiger charge is 2.34. The van der Waals surface area contributed by atoms with Crippen LogP contribution in [0.2, 0.25) is 0 Å². The summed E-state index contributed by atoms with van der Waals surface area (Å²) < 4.78 is 11.8. The van der Waals surface area contributed by atoms with Crippen LogP contribution in [-0.2, 0) is 4.74 Å². The molecule has 0 amide bonds. The summed E-state index contributed by atoms with van der Waals surface area (Å²) in [5.74, 6) is 2.77. The third kappa shape index (κ3) is 4.43. The van der Waals surface area contributed by atoms with Gasteiger partial charge < -0.3 is 19.5 Å². The second-order valence-electron chi connectivity index (χ2n) is 10.4. The minimum absolute atomic E-state index is 0.115. The molecule has 7 nitrogen and oxygen atoms in total. The summed E-state index contributed by atoms with van der Waals surface area (Å²) in [5.41, 5.74) is 3.12. The molecule has 2 atom stereocenters. The summed E-state index contributed by atoms with van der Waals surface area (Å²) in [4.78, 5) is 12.2. The van der Waals surface area contributed by atoms with E-state index in [2.05, 4.69) is 46.6 Å². The molecule has 3 heterocycles. The summed E-state index contributed by atoms with van der Waals surface area (Å²) in [7, 11) is 1.83. The maximum Gasteiger partial charge on any atom is 0.261 e. The van der Waals surface area contributed by atoms with Crippen molar-refractivity contribution in [1.82, 2.24) is 20.4 Å². The molecule has 1 aromatic carbocycles. The van der Waals surface area contributed by atoms with Crippen LogP contribution in [0.25, 0.3) is 22.4 Å². The molecule has 34 heavy (non-hydrogen) atoms. The summed E-state index contributed by atoms with van der Waals surface area (Å²) in [5, 5.41) is 9.30. The van der Waals surface area contributed by atoms with Crippen LogP contribution >= 0.6 is 0 Å². The highest BCUT2D eigenvalue weighted by molar-refractivity contribution is 5.88. The molecule has 0 bridgehead atoms. The van der Waals surface area contributed by atoms with Crippen LogP contribution in [-0.4, -0.2) is 53.5 Å². The monoisotopic (exact) mass is 461 g/mol. The van der Waals surface area contributed by atoms with Crippen molar-refractivity contribution < 1.29 is 9.26 Å². The molecule has 0 spiro atoms. The number of anilines is 1. The largest absolute Gasteiger partial charge is 0.378 e. The molecule has 2 aromatic heterocycles. The first kappa shape index (κ1) is 22.0. The van der Waals surface area contributed by atoms with Gasteiger partial charge in [-0.05, 0) is 57.2 Å². The van der Waals surface area contributed by atoms with E-state index < -0.39 is 0 Å². The van der Waals surface area contributed by atoms with E-state index in [1.54, 1.807) is 0 Å².